The molecule has 2 aliphatic rings. The molecule has 100 valence electrons. The van der Waals surface area contributed by atoms with Crippen LogP contribution in [0, 0.1) is 17.8 Å². The van der Waals surface area contributed by atoms with E-state index in [0.717, 1.165) is 36.9 Å². The summed E-state index contributed by atoms with van der Waals surface area (Å²) < 4.78 is 0. The molecule has 1 saturated carbocycles. The zero-order valence-electron chi connectivity index (χ0n) is 12.1. The molecule has 0 bridgehead atoms. The van der Waals surface area contributed by atoms with Crippen molar-refractivity contribution in [1.29, 1.82) is 0 Å². The Bertz CT molecular complexity index is 262. The van der Waals surface area contributed by atoms with Crippen LogP contribution in [-0.2, 0) is 0 Å². The predicted octanol–water partition coefficient (Wildman–Crippen LogP) is 2.87. The molecule has 2 rings (SSSR count). The van der Waals surface area contributed by atoms with Gasteiger partial charge in [0.25, 0.3) is 0 Å². The second kappa shape index (κ2) is 4.89. The van der Waals surface area contributed by atoms with E-state index in [9.17, 15) is 0 Å². The highest BCUT2D eigenvalue weighted by atomic mass is 15.2. The largest absolute Gasteiger partial charge is 0.329 e. The predicted molar refractivity (Wildman–Crippen MR) is 73.9 cm³/mol. The SMILES string of the molecule is CC1C2CCCCC2N(CCN)C(C)(C)C1C. The molecular weight excluding hydrogens is 208 g/mol. The monoisotopic (exact) mass is 238 g/mol. The van der Waals surface area contributed by atoms with Crippen molar-refractivity contribution in [3.8, 4) is 0 Å². The maximum Gasteiger partial charge on any atom is 0.0185 e. The fraction of sp³-hybridized carbons (Fsp3) is 1.00. The molecule has 1 saturated heterocycles. The van der Waals surface area contributed by atoms with Crippen LogP contribution in [0.5, 0.6) is 0 Å². The lowest BCUT2D eigenvalue weighted by molar-refractivity contribution is -0.0944. The lowest BCUT2D eigenvalue weighted by Gasteiger charge is -2.59. The fourth-order valence-electron chi connectivity index (χ4n) is 4.44. The number of hydrogen-bond donors (Lipinski definition) is 1. The van der Waals surface area contributed by atoms with Crippen molar-refractivity contribution in [2.75, 3.05) is 13.1 Å². The van der Waals surface area contributed by atoms with Crippen molar-refractivity contribution >= 4 is 0 Å². The molecule has 4 atom stereocenters. The first-order valence-electron chi connectivity index (χ1n) is 7.47. The van der Waals surface area contributed by atoms with Gasteiger partial charge in [0.15, 0.2) is 0 Å². The van der Waals surface area contributed by atoms with Crippen molar-refractivity contribution in [1.82, 2.24) is 4.90 Å². The Morgan fingerprint density at radius 3 is 2.47 bits per heavy atom. The molecule has 2 nitrogen and oxygen atoms in total. The molecule has 1 heterocycles. The highest BCUT2D eigenvalue weighted by molar-refractivity contribution is 5.02. The standard InChI is InChI=1S/C15H30N2/c1-11-12(2)15(3,4)17(10-9-16)14-8-6-5-7-13(11)14/h11-14H,5-10,16H2,1-4H3. The zero-order valence-corrected chi connectivity index (χ0v) is 12.1. The number of nitrogens with zero attached hydrogens (tertiary/aromatic N) is 1. The van der Waals surface area contributed by atoms with Crippen LogP contribution in [0.3, 0.4) is 0 Å². The molecule has 0 aromatic rings. The fourth-order valence-corrected chi connectivity index (χ4v) is 4.44. The smallest absolute Gasteiger partial charge is 0.0185 e. The van der Waals surface area contributed by atoms with Crippen LogP contribution < -0.4 is 5.73 Å². The number of hydrogen-bond acceptors (Lipinski definition) is 2. The van der Waals surface area contributed by atoms with Crippen LogP contribution >= 0.6 is 0 Å². The topological polar surface area (TPSA) is 29.3 Å². The summed E-state index contributed by atoms with van der Waals surface area (Å²) >= 11 is 0. The van der Waals surface area contributed by atoms with E-state index < -0.39 is 0 Å². The van der Waals surface area contributed by atoms with Gasteiger partial charge in [-0.15, -0.1) is 0 Å². The zero-order chi connectivity index (χ0) is 12.6. The number of rotatable bonds is 2. The van der Waals surface area contributed by atoms with Crippen LogP contribution in [0.2, 0.25) is 0 Å². The van der Waals surface area contributed by atoms with Gasteiger partial charge in [0, 0.05) is 24.7 Å². The third kappa shape index (κ3) is 2.15. The minimum Gasteiger partial charge on any atom is -0.329 e. The molecule has 0 amide bonds. The van der Waals surface area contributed by atoms with E-state index in [1.54, 1.807) is 0 Å². The van der Waals surface area contributed by atoms with Gasteiger partial charge in [-0.3, -0.25) is 4.90 Å². The minimum absolute atomic E-state index is 0.317. The quantitative estimate of drug-likeness (QED) is 0.801. The first kappa shape index (κ1) is 13.4. The van der Waals surface area contributed by atoms with Crippen LogP contribution in [0.25, 0.3) is 0 Å². The third-order valence-corrected chi connectivity index (χ3v) is 5.87. The van der Waals surface area contributed by atoms with E-state index in [2.05, 4.69) is 32.6 Å². The molecule has 2 heteroatoms. The number of fused-ring (bicyclic) bond motifs is 1. The van der Waals surface area contributed by atoms with Crippen LogP contribution in [0.15, 0.2) is 0 Å². The van der Waals surface area contributed by atoms with Gasteiger partial charge in [-0.1, -0.05) is 26.7 Å². The summed E-state index contributed by atoms with van der Waals surface area (Å²) in [5.41, 5.74) is 6.16. The van der Waals surface area contributed by atoms with E-state index in [1.807, 2.05) is 0 Å². The van der Waals surface area contributed by atoms with Gasteiger partial charge in [-0.05, 0) is 44.4 Å². The highest BCUT2D eigenvalue weighted by Gasteiger charge is 2.49. The summed E-state index contributed by atoms with van der Waals surface area (Å²) in [5.74, 6) is 2.55. The maximum atomic E-state index is 5.84. The molecule has 1 aliphatic heterocycles. The Hall–Kier alpha value is -0.0800. The van der Waals surface area contributed by atoms with Gasteiger partial charge < -0.3 is 5.73 Å². The van der Waals surface area contributed by atoms with E-state index in [-0.39, 0.29) is 0 Å². The molecular formula is C15H30N2. The Kier molecular flexibility index (Phi) is 3.84. The van der Waals surface area contributed by atoms with Gasteiger partial charge in [0.05, 0.1) is 0 Å². The average Bonchev–Trinajstić information content (AvgIpc) is 2.32. The summed E-state index contributed by atoms with van der Waals surface area (Å²) in [6.45, 7) is 11.6. The van der Waals surface area contributed by atoms with Gasteiger partial charge >= 0.3 is 0 Å². The van der Waals surface area contributed by atoms with Gasteiger partial charge in [0.1, 0.15) is 0 Å². The molecule has 0 aromatic heterocycles. The van der Waals surface area contributed by atoms with E-state index in [0.29, 0.717) is 5.54 Å². The molecule has 2 N–H and O–H groups in total. The van der Waals surface area contributed by atoms with E-state index >= 15 is 0 Å². The second-order valence-electron chi connectivity index (χ2n) is 6.80. The maximum absolute atomic E-state index is 5.84. The molecule has 0 aromatic carbocycles. The Balaban J connectivity index is 2.26. The third-order valence-electron chi connectivity index (χ3n) is 5.87. The molecule has 0 radical (unpaired) electrons. The Labute approximate surface area is 107 Å². The number of nitrogens with two attached hydrogens (primary N) is 1. The van der Waals surface area contributed by atoms with Crippen molar-refractivity contribution in [3.63, 3.8) is 0 Å². The summed E-state index contributed by atoms with van der Waals surface area (Å²) in [6.07, 6.45) is 5.69. The summed E-state index contributed by atoms with van der Waals surface area (Å²) in [4.78, 5) is 2.74. The number of piperidine rings is 1. The normalized spacial score (nSPS) is 42.2. The summed E-state index contributed by atoms with van der Waals surface area (Å²) in [7, 11) is 0. The molecule has 0 spiro atoms. The number of likely N-dealkylation sites (tertiary alicyclic amines) is 1. The van der Waals surface area contributed by atoms with E-state index in [1.165, 1.54) is 25.7 Å². The van der Waals surface area contributed by atoms with Crippen molar-refractivity contribution in [2.24, 2.45) is 23.5 Å². The van der Waals surface area contributed by atoms with Crippen molar-refractivity contribution in [3.05, 3.63) is 0 Å². The average molecular weight is 238 g/mol. The summed E-state index contributed by atoms with van der Waals surface area (Å²) in [5, 5.41) is 0. The first-order chi connectivity index (χ1) is 8.00. The molecule has 2 fully saturated rings. The van der Waals surface area contributed by atoms with Crippen LogP contribution in [0.1, 0.15) is 53.4 Å². The lowest BCUT2D eigenvalue weighted by atomic mass is 9.62. The Morgan fingerprint density at radius 1 is 1.18 bits per heavy atom. The van der Waals surface area contributed by atoms with E-state index in [4.69, 9.17) is 5.73 Å². The van der Waals surface area contributed by atoms with Crippen molar-refractivity contribution < 1.29 is 0 Å². The van der Waals surface area contributed by atoms with Gasteiger partial charge in [-0.25, -0.2) is 0 Å². The second-order valence-corrected chi connectivity index (χ2v) is 6.80. The van der Waals surface area contributed by atoms with Gasteiger partial charge in [0.2, 0.25) is 0 Å². The lowest BCUT2D eigenvalue weighted by Crippen LogP contribution is -2.64. The van der Waals surface area contributed by atoms with Crippen LogP contribution in [0.4, 0.5) is 0 Å². The first-order valence-corrected chi connectivity index (χ1v) is 7.47. The molecule has 1 aliphatic carbocycles. The molecule has 17 heavy (non-hydrogen) atoms. The summed E-state index contributed by atoms with van der Waals surface area (Å²) in [6, 6.07) is 0.800. The van der Waals surface area contributed by atoms with Gasteiger partial charge in [-0.2, -0.15) is 0 Å². The highest BCUT2D eigenvalue weighted by Crippen LogP contribution is 2.48. The molecule has 4 unspecified atom stereocenters. The van der Waals surface area contributed by atoms with Crippen molar-refractivity contribution in [2.45, 2.75) is 65.0 Å². The van der Waals surface area contributed by atoms with Crippen LogP contribution in [-0.4, -0.2) is 29.6 Å². The minimum atomic E-state index is 0.317. The Morgan fingerprint density at radius 2 is 1.82 bits per heavy atom.